The van der Waals surface area contributed by atoms with Gasteiger partial charge in [0.1, 0.15) is 11.3 Å². The summed E-state index contributed by atoms with van der Waals surface area (Å²) in [7, 11) is 0. The first kappa shape index (κ1) is 22.1. The van der Waals surface area contributed by atoms with E-state index in [0.717, 1.165) is 16.5 Å². The zero-order chi connectivity index (χ0) is 22.4. The van der Waals surface area contributed by atoms with E-state index >= 15 is 0 Å². The van der Waals surface area contributed by atoms with Crippen LogP contribution in [0.5, 0.6) is 5.75 Å². The number of benzene rings is 2. The van der Waals surface area contributed by atoms with Crippen LogP contribution < -0.4 is 15.7 Å². The first-order valence-corrected chi connectivity index (χ1v) is 10.0. The van der Waals surface area contributed by atoms with Crippen molar-refractivity contribution in [2.24, 2.45) is 0 Å². The molecule has 0 bridgehead atoms. The van der Waals surface area contributed by atoms with Crippen molar-refractivity contribution in [3.8, 4) is 5.75 Å². The van der Waals surface area contributed by atoms with Crippen LogP contribution in [0.1, 0.15) is 30.9 Å². The van der Waals surface area contributed by atoms with Crippen molar-refractivity contribution >= 4 is 22.8 Å². The van der Waals surface area contributed by atoms with E-state index in [4.69, 9.17) is 13.9 Å². The molecule has 0 fully saturated rings. The minimum Gasteiger partial charge on any atom is -0.482 e. The van der Waals surface area contributed by atoms with Gasteiger partial charge < -0.3 is 19.2 Å². The number of hydrogen-bond donors (Lipinski definition) is 1. The molecule has 0 saturated carbocycles. The number of carbonyl (C=O) groups excluding carboxylic acids is 2. The Hall–Kier alpha value is -3.61. The van der Waals surface area contributed by atoms with Crippen molar-refractivity contribution in [1.82, 2.24) is 5.32 Å². The van der Waals surface area contributed by atoms with E-state index in [9.17, 15) is 14.4 Å². The average Bonchev–Trinajstić information content (AvgIpc) is 2.75. The van der Waals surface area contributed by atoms with Crippen molar-refractivity contribution in [2.75, 3.05) is 13.2 Å². The molecule has 1 heterocycles. The molecule has 3 aromatic rings. The highest BCUT2D eigenvalue weighted by molar-refractivity contribution is 5.84. The van der Waals surface area contributed by atoms with E-state index in [1.807, 2.05) is 44.2 Å². The van der Waals surface area contributed by atoms with Crippen molar-refractivity contribution < 1.29 is 23.5 Å². The smallest absolute Gasteiger partial charge is 0.344 e. The highest BCUT2D eigenvalue weighted by Gasteiger charge is 2.19. The Morgan fingerprint density at radius 1 is 1.06 bits per heavy atom. The lowest BCUT2D eigenvalue weighted by atomic mass is 10.0. The maximum Gasteiger partial charge on any atom is 0.344 e. The predicted octanol–water partition coefficient (Wildman–Crippen LogP) is 3.33. The number of hydrogen-bond acceptors (Lipinski definition) is 6. The van der Waals surface area contributed by atoms with Crippen LogP contribution in [0.3, 0.4) is 0 Å². The monoisotopic (exact) mass is 423 g/mol. The van der Waals surface area contributed by atoms with Gasteiger partial charge in [-0.15, -0.1) is 0 Å². The number of ether oxygens (including phenoxy) is 2. The number of carbonyl (C=O) groups is 2. The molecule has 0 spiro atoms. The number of esters is 1. The molecule has 0 aliphatic rings. The van der Waals surface area contributed by atoms with E-state index in [1.54, 1.807) is 12.1 Å². The maximum atomic E-state index is 12.2. The lowest BCUT2D eigenvalue weighted by Crippen LogP contribution is -2.38. The molecule has 2 aromatic carbocycles. The molecule has 7 heteroatoms. The molecule has 7 nitrogen and oxygen atoms in total. The summed E-state index contributed by atoms with van der Waals surface area (Å²) in [6, 6.07) is 16.2. The SMILES string of the molecule is Cc1cc(=O)oc2cc(OCC(=O)O[C@H](C)C(=O)NC[C@H](C)c3ccccc3)ccc12. The lowest BCUT2D eigenvalue weighted by molar-refractivity contribution is -0.156. The largest absolute Gasteiger partial charge is 0.482 e. The summed E-state index contributed by atoms with van der Waals surface area (Å²) in [6.45, 7) is 5.38. The summed E-state index contributed by atoms with van der Waals surface area (Å²) in [5, 5.41) is 3.57. The third-order valence-electron chi connectivity index (χ3n) is 4.91. The second-order valence-electron chi connectivity index (χ2n) is 7.38. The third kappa shape index (κ3) is 5.94. The molecule has 1 amide bonds. The Morgan fingerprint density at radius 3 is 2.55 bits per heavy atom. The fraction of sp³-hybridized carbons (Fsp3) is 0.292. The zero-order valence-corrected chi connectivity index (χ0v) is 17.7. The predicted molar refractivity (Wildman–Crippen MR) is 116 cm³/mol. The Balaban J connectivity index is 1.48. The van der Waals surface area contributed by atoms with Crippen molar-refractivity contribution in [1.29, 1.82) is 0 Å². The summed E-state index contributed by atoms with van der Waals surface area (Å²) in [5.74, 6) is -0.566. The molecule has 0 radical (unpaired) electrons. The molecule has 3 rings (SSSR count). The average molecular weight is 423 g/mol. The lowest BCUT2D eigenvalue weighted by Gasteiger charge is -2.17. The molecule has 162 valence electrons. The van der Waals surface area contributed by atoms with E-state index in [-0.39, 0.29) is 18.4 Å². The molecule has 1 N–H and O–H groups in total. The van der Waals surface area contributed by atoms with Gasteiger partial charge in [0.15, 0.2) is 12.7 Å². The van der Waals surface area contributed by atoms with Gasteiger partial charge in [-0.3, -0.25) is 4.79 Å². The number of amides is 1. The molecular weight excluding hydrogens is 398 g/mol. The Kier molecular flexibility index (Phi) is 7.07. The fourth-order valence-electron chi connectivity index (χ4n) is 3.12. The van der Waals surface area contributed by atoms with Gasteiger partial charge in [0.2, 0.25) is 0 Å². The number of aryl methyl sites for hydroxylation is 1. The highest BCUT2D eigenvalue weighted by atomic mass is 16.6. The van der Waals surface area contributed by atoms with Gasteiger partial charge in [0.05, 0.1) is 0 Å². The van der Waals surface area contributed by atoms with Crippen LogP contribution in [-0.2, 0) is 14.3 Å². The molecule has 0 aliphatic carbocycles. The molecule has 1 aromatic heterocycles. The topological polar surface area (TPSA) is 94.8 Å². The van der Waals surface area contributed by atoms with Crippen LogP contribution in [-0.4, -0.2) is 31.1 Å². The van der Waals surface area contributed by atoms with Crippen LogP contribution >= 0.6 is 0 Å². The zero-order valence-electron chi connectivity index (χ0n) is 17.7. The normalized spacial score (nSPS) is 12.7. The van der Waals surface area contributed by atoms with E-state index in [1.165, 1.54) is 19.1 Å². The summed E-state index contributed by atoms with van der Waals surface area (Å²) in [4.78, 5) is 35.8. The van der Waals surface area contributed by atoms with Gasteiger partial charge in [-0.05, 0) is 43.0 Å². The number of rotatable bonds is 8. The van der Waals surface area contributed by atoms with Gasteiger partial charge in [-0.1, -0.05) is 37.3 Å². The number of fused-ring (bicyclic) bond motifs is 1. The highest BCUT2D eigenvalue weighted by Crippen LogP contribution is 2.22. The van der Waals surface area contributed by atoms with Gasteiger partial charge >= 0.3 is 11.6 Å². The van der Waals surface area contributed by atoms with Crippen molar-refractivity contribution in [3.63, 3.8) is 0 Å². The Morgan fingerprint density at radius 2 is 1.81 bits per heavy atom. The van der Waals surface area contributed by atoms with Gasteiger partial charge in [-0.2, -0.15) is 0 Å². The van der Waals surface area contributed by atoms with Crippen LogP contribution in [0, 0.1) is 6.92 Å². The van der Waals surface area contributed by atoms with Gasteiger partial charge in [0, 0.05) is 24.1 Å². The summed E-state index contributed by atoms with van der Waals surface area (Å²) >= 11 is 0. The van der Waals surface area contributed by atoms with E-state index in [2.05, 4.69) is 5.32 Å². The molecule has 0 aliphatic heterocycles. The second kappa shape index (κ2) is 9.93. The Bertz CT molecular complexity index is 1120. The van der Waals surface area contributed by atoms with Gasteiger partial charge in [0.25, 0.3) is 5.91 Å². The first-order chi connectivity index (χ1) is 14.8. The summed E-state index contributed by atoms with van der Waals surface area (Å²) < 4.78 is 15.7. The summed E-state index contributed by atoms with van der Waals surface area (Å²) in [6.07, 6.45) is -0.948. The minimum atomic E-state index is -0.948. The van der Waals surface area contributed by atoms with Gasteiger partial charge in [-0.25, -0.2) is 9.59 Å². The second-order valence-corrected chi connectivity index (χ2v) is 7.38. The minimum absolute atomic E-state index is 0.132. The van der Waals surface area contributed by atoms with Crippen LogP contribution in [0.4, 0.5) is 0 Å². The molecule has 0 saturated heterocycles. The summed E-state index contributed by atoms with van der Waals surface area (Å²) in [5.41, 5.74) is 1.82. The number of nitrogens with one attached hydrogen (secondary N) is 1. The third-order valence-corrected chi connectivity index (χ3v) is 4.91. The molecule has 31 heavy (non-hydrogen) atoms. The molecule has 0 unspecified atom stereocenters. The van der Waals surface area contributed by atoms with Crippen LogP contribution in [0.15, 0.2) is 63.8 Å². The quantitative estimate of drug-likeness (QED) is 0.441. The molecule has 2 atom stereocenters. The standard InChI is InChI=1S/C24H25NO6/c1-15-11-22(26)31-21-12-19(9-10-20(15)21)29-14-23(27)30-17(3)24(28)25-13-16(2)18-7-5-4-6-8-18/h4-12,16-17H,13-14H2,1-3H3,(H,25,28)/t16-,17+/m0/s1. The first-order valence-electron chi connectivity index (χ1n) is 10.0. The van der Waals surface area contributed by atoms with Crippen LogP contribution in [0.25, 0.3) is 11.0 Å². The maximum absolute atomic E-state index is 12.2. The van der Waals surface area contributed by atoms with Crippen molar-refractivity contribution in [2.45, 2.75) is 32.8 Å². The Labute approximate surface area is 180 Å². The van der Waals surface area contributed by atoms with Crippen LogP contribution in [0.2, 0.25) is 0 Å². The molecular formula is C24H25NO6. The van der Waals surface area contributed by atoms with E-state index in [0.29, 0.717) is 17.9 Å². The fourth-order valence-corrected chi connectivity index (χ4v) is 3.12. The van der Waals surface area contributed by atoms with E-state index < -0.39 is 17.7 Å². The van der Waals surface area contributed by atoms with Crippen molar-refractivity contribution in [3.05, 3.63) is 76.1 Å².